The molecule has 3 N–H and O–H groups in total. The van der Waals surface area contributed by atoms with E-state index in [0.29, 0.717) is 41.4 Å². The van der Waals surface area contributed by atoms with Crippen LogP contribution in [-0.2, 0) is 0 Å². The van der Waals surface area contributed by atoms with E-state index >= 15 is 0 Å². The molecule has 5 rings (SSSR count). The zero-order valence-electron chi connectivity index (χ0n) is 23.6. The summed E-state index contributed by atoms with van der Waals surface area (Å²) in [4.78, 5) is 46.6. The SMILES string of the molecule is CNC(=O)c1ccc(N2CCN(c3nc4c([C@@H](C)Nc5ccccc5C(=O)O)cc(C)cn4c(=O)c3C)CC2)cc1. The van der Waals surface area contributed by atoms with Gasteiger partial charge in [0.15, 0.2) is 0 Å². The Morgan fingerprint density at radius 2 is 1.63 bits per heavy atom. The number of pyridine rings is 1. The van der Waals surface area contributed by atoms with Gasteiger partial charge < -0.3 is 25.5 Å². The van der Waals surface area contributed by atoms with Gasteiger partial charge in [-0.05, 0) is 68.8 Å². The first-order valence-electron chi connectivity index (χ1n) is 13.6. The molecule has 0 spiro atoms. The molecule has 1 amide bonds. The van der Waals surface area contributed by atoms with Crippen molar-refractivity contribution in [2.75, 3.05) is 48.3 Å². The van der Waals surface area contributed by atoms with Crippen molar-refractivity contribution < 1.29 is 14.7 Å². The Hall–Kier alpha value is -4.86. The highest BCUT2D eigenvalue weighted by Gasteiger charge is 2.24. The van der Waals surface area contributed by atoms with E-state index in [-0.39, 0.29) is 23.1 Å². The number of amides is 1. The number of nitrogens with zero attached hydrogens (tertiary/aromatic N) is 4. The molecule has 41 heavy (non-hydrogen) atoms. The second-order valence-electron chi connectivity index (χ2n) is 10.3. The van der Waals surface area contributed by atoms with E-state index in [9.17, 15) is 19.5 Å². The van der Waals surface area contributed by atoms with Crippen LogP contribution in [0.2, 0.25) is 0 Å². The Bertz CT molecular complexity index is 1670. The number of carbonyl (C=O) groups excluding carboxylic acids is 1. The van der Waals surface area contributed by atoms with E-state index in [1.54, 1.807) is 41.9 Å². The Morgan fingerprint density at radius 3 is 2.29 bits per heavy atom. The van der Waals surface area contributed by atoms with Crippen LogP contribution < -0.4 is 26.0 Å². The third-order valence-corrected chi connectivity index (χ3v) is 7.59. The van der Waals surface area contributed by atoms with Crippen LogP contribution in [0.5, 0.6) is 0 Å². The lowest BCUT2D eigenvalue weighted by Gasteiger charge is -2.37. The van der Waals surface area contributed by atoms with E-state index in [1.807, 2.05) is 51.1 Å². The Labute approximate surface area is 238 Å². The van der Waals surface area contributed by atoms with Crippen LogP contribution in [0, 0.1) is 13.8 Å². The van der Waals surface area contributed by atoms with Crippen molar-refractivity contribution in [2.45, 2.75) is 26.8 Å². The average Bonchev–Trinajstić information content (AvgIpc) is 2.98. The number of aromatic nitrogens is 2. The topological polar surface area (TPSA) is 119 Å². The summed E-state index contributed by atoms with van der Waals surface area (Å²) in [7, 11) is 1.61. The molecule has 1 fully saturated rings. The summed E-state index contributed by atoms with van der Waals surface area (Å²) in [6.07, 6.45) is 1.79. The standard InChI is InChI=1S/C31H34N6O4/c1-19-17-25(21(3)33-26-8-6-5-7-24(26)31(40)41)28-34-27(20(2)30(39)37(28)18-19)36-15-13-35(14-16-36)23-11-9-22(10-12-23)29(38)32-4/h5-12,17-18,21,33H,13-16H2,1-4H3,(H,32,38)(H,40,41)/t21-/m1/s1. The van der Waals surface area contributed by atoms with E-state index in [0.717, 1.165) is 29.9 Å². The molecule has 3 heterocycles. The maximum Gasteiger partial charge on any atom is 0.337 e. The third kappa shape index (κ3) is 5.45. The smallest absolute Gasteiger partial charge is 0.337 e. The number of benzene rings is 2. The molecule has 1 aliphatic heterocycles. The predicted molar refractivity (Wildman–Crippen MR) is 161 cm³/mol. The number of nitrogens with one attached hydrogen (secondary N) is 2. The van der Waals surface area contributed by atoms with Gasteiger partial charge in [-0.3, -0.25) is 14.0 Å². The number of carboxylic acids is 1. The minimum absolute atomic E-state index is 0.115. The van der Waals surface area contributed by atoms with Crippen molar-refractivity contribution in [1.29, 1.82) is 0 Å². The minimum atomic E-state index is -1.01. The van der Waals surface area contributed by atoms with Crippen molar-refractivity contribution >= 4 is 34.7 Å². The number of anilines is 3. The van der Waals surface area contributed by atoms with Crippen LogP contribution in [0.15, 0.2) is 65.6 Å². The fourth-order valence-electron chi connectivity index (χ4n) is 5.36. The molecule has 0 radical (unpaired) electrons. The summed E-state index contributed by atoms with van der Waals surface area (Å²) in [5, 5.41) is 15.6. The summed E-state index contributed by atoms with van der Waals surface area (Å²) < 4.78 is 1.59. The van der Waals surface area contributed by atoms with Crippen LogP contribution in [0.4, 0.5) is 17.2 Å². The molecule has 10 nitrogen and oxygen atoms in total. The number of fused-ring (bicyclic) bond motifs is 1. The van der Waals surface area contributed by atoms with Crippen molar-refractivity contribution in [3.8, 4) is 0 Å². The number of aryl methyl sites for hydroxylation is 1. The number of para-hydroxylation sites is 1. The lowest BCUT2D eigenvalue weighted by atomic mass is 10.1. The van der Waals surface area contributed by atoms with E-state index < -0.39 is 5.97 Å². The lowest BCUT2D eigenvalue weighted by molar-refractivity contribution is 0.0697. The predicted octanol–water partition coefficient (Wildman–Crippen LogP) is 3.87. The summed E-state index contributed by atoms with van der Waals surface area (Å²) in [5.41, 5.74) is 5.05. The van der Waals surface area contributed by atoms with E-state index in [1.165, 1.54) is 0 Å². The van der Waals surface area contributed by atoms with Gasteiger partial charge in [-0.1, -0.05) is 12.1 Å². The second-order valence-corrected chi connectivity index (χ2v) is 10.3. The molecule has 1 atom stereocenters. The van der Waals surface area contributed by atoms with Crippen molar-refractivity contribution in [3.63, 3.8) is 0 Å². The second kappa shape index (κ2) is 11.3. The van der Waals surface area contributed by atoms with Gasteiger partial charge in [-0.15, -0.1) is 0 Å². The van der Waals surface area contributed by atoms with Gasteiger partial charge in [0.2, 0.25) is 0 Å². The van der Waals surface area contributed by atoms with E-state index in [4.69, 9.17) is 4.98 Å². The van der Waals surface area contributed by atoms with Crippen molar-refractivity contribution in [1.82, 2.24) is 14.7 Å². The zero-order valence-corrected chi connectivity index (χ0v) is 23.6. The summed E-state index contributed by atoms with van der Waals surface area (Å²) in [6, 6.07) is 16.0. The average molecular weight is 555 g/mol. The minimum Gasteiger partial charge on any atom is -0.478 e. The number of hydrogen-bond acceptors (Lipinski definition) is 7. The maximum absolute atomic E-state index is 13.6. The van der Waals surface area contributed by atoms with Gasteiger partial charge in [-0.25, -0.2) is 9.78 Å². The molecule has 0 aliphatic carbocycles. The van der Waals surface area contributed by atoms with Gasteiger partial charge in [-0.2, -0.15) is 0 Å². The highest BCUT2D eigenvalue weighted by molar-refractivity contribution is 5.94. The molecule has 0 unspecified atom stereocenters. The third-order valence-electron chi connectivity index (χ3n) is 7.59. The first-order chi connectivity index (χ1) is 19.7. The molecule has 1 aliphatic rings. The molecule has 0 saturated carbocycles. The fourth-order valence-corrected chi connectivity index (χ4v) is 5.36. The molecule has 2 aromatic heterocycles. The number of piperazine rings is 1. The van der Waals surface area contributed by atoms with Crippen molar-refractivity contribution in [3.05, 3.63) is 99.0 Å². The largest absolute Gasteiger partial charge is 0.478 e. The number of rotatable bonds is 7. The van der Waals surface area contributed by atoms with Crippen LogP contribution in [0.1, 0.15) is 50.4 Å². The van der Waals surface area contributed by atoms with Gasteiger partial charge in [0, 0.05) is 61.9 Å². The zero-order chi connectivity index (χ0) is 29.3. The normalized spacial score (nSPS) is 14.1. The fraction of sp³-hybridized carbons (Fsp3) is 0.290. The number of carboxylic acid groups (broad SMARTS) is 1. The van der Waals surface area contributed by atoms with Gasteiger partial charge >= 0.3 is 5.97 Å². The summed E-state index contributed by atoms with van der Waals surface area (Å²) in [5.74, 6) is -0.466. The first-order valence-corrected chi connectivity index (χ1v) is 13.6. The molecule has 10 heteroatoms. The van der Waals surface area contributed by atoms with Gasteiger partial charge in [0.25, 0.3) is 11.5 Å². The molecule has 4 aromatic rings. The van der Waals surface area contributed by atoms with E-state index in [2.05, 4.69) is 20.4 Å². The van der Waals surface area contributed by atoms with Crippen LogP contribution in [0.25, 0.3) is 5.65 Å². The van der Waals surface area contributed by atoms with Crippen LogP contribution in [-0.4, -0.2) is 59.6 Å². The Morgan fingerprint density at radius 1 is 0.976 bits per heavy atom. The molecule has 2 aromatic carbocycles. The van der Waals surface area contributed by atoms with Crippen LogP contribution in [0.3, 0.4) is 0 Å². The number of carbonyl (C=O) groups is 2. The maximum atomic E-state index is 13.6. The number of hydrogen-bond donors (Lipinski definition) is 3. The summed E-state index contributed by atoms with van der Waals surface area (Å²) >= 11 is 0. The lowest BCUT2D eigenvalue weighted by Crippen LogP contribution is -2.47. The molecule has 0 bridgehead atoms. The molecular weight excluding hydrogens is 520 g/mol. The monoisotopic (exact) mass is 554 g/mol. The van der Waals surface area contributed by atoms with Gasteiger partial charge in [0.1, 0.15) is 11.5 Å². The van der Waals surface area contributed by atoms with Gasteiger partial charge in [0.05, 0.1) is 17.2 Å². The highest BCUT2D eigenvalue weighted by atomic mass is 16.4. The van der Waals surface area contributed by atoms with Crippen LogP contribution >= 0.6 is 0 Å². The molecular formula is C31H34N6O4. The Kier molecular flexibility index (Phi) is 7.65. The summed E-state index contributed by atoms with van der Waals surface area (Å²) in [6.45, 7) is 8.52. The quantitative estimate of drug-likeness (QED) is 0.315. The highest BCUT2D eigenvalue weighted by Crippen LogP contribution is 2.28. The molecule has 212 valence electrons. The van der Waals surface area contributed by atoms with Crippen molar-refractivity contribution in [2.24, 2.45) is 0 Å². The molecule has 1 saturated heterocycles. The first kappa shape index (κ1) is 27.7. The number of aromatic carboxylic acids is 1. The Balaban J connectivity index is 1.43.